The first-order chi connectivity index (χ1) is 10.3. The van der Waals surface area contributed by atoms with Crippen molar-refractivity contribution >= 4 is 10.0 Å². The van der Waals surface area contributed by atoms with E-state index in [1.165, 1.54) is 4.31 Å². The maximum absolute atomic E-state index is 12.8. The van der Waals surface area contributed by atoms with E-state index in [-0.39, 0.29) is 6.54 Å². The molecule has 22 heavy (non-hydrogen) atoms. The average molecular weight is 323 g/mol. The van der Waals surface area contributed by atoms with Crippen molar-refractivity contribution < 1.29 is 13.2 Å². The van der Waals surface area contributed by atoms with Gasteiger partial charge in [0.1, 0.15) is 5.75 Å². The van der Waals surface area contributed by atoms with Gasteiger partial charge in [-0.15, -0.1) is 0 Å². The van der Waals surface area contributed by atoms with Crippen molar-refractivity contribution in [3.05, 3.63) is 41.2 Å². The van der Waals surface area contributed by atoms with Crippen LogP contribution in [-0.4, -0.2) is 36.7 Å². The summed E-state index contributed by atoms with van der Waals surface area (Å²) in [4.78, 5) is 0.303. The molecule has 0 N–H and O–H groups in total. The van der Waals surface area contributed by atoms with Gasteiger partial charge in [0, 0.05) is 32.4 Å². The summed E-state index contributed by atoms with van der Waals surface area (Å²) in [6.45, 7) is 3.88. The molecule has 0 atom stereocenters. The molecule has 1 aromatic heterocycles. The Bertz CT molecular complexity index is 781. The molecular weight excluding hydrogens is 302 g/mol. The molecule has 0 amide bonds. The van der Waals surface area contributed by atoms with Gasteiger partial charge in [-0.3, -0.25) is 4.68 Å². The lowest BCUT2D eigenvalue weighted by atomic mass is 10.1. The van der Waals surface area contributed by atoms with Crippen LogP contribution in [0.25, 0.3) is 0 Å². The van der Waals surface area contributed by atoms with Crippen molar-refractivity contribution in [2.75, 3.05) is 14.2 Å². The van der Waals surface area contributed by atoms with Crippen LogP contribution in [0.2, 0.25) is 0 Å². The van der Waals surface area contributed by atoms with Gasteiger partial charge in [0.2, 0.25) is 10.0 Å². The summed E-state index contributed by atoms with van der Waals surface area (Å²) in [5.74, 6) is 0.686. The molecule has 0 saturated carbocycles. The fourth-order valence-corrected chi connectivity index (χ4v) is 3.77. The van der Waals surface area contributed by atoms with Gasteiger partial charge in [-0.05, 0) is 37.1 Å². The number of aryl methyl sites for hydroxylation is 3. The molecule has 0 fully saturated rings. The van der Waals surface area contributed by atoms with Gasteiger partial charge in [-0.25, -0.2) is 8.42 Å². The highest BCUT2D eigenvalue weighted by Gasteiger charge is 2.24. The Balaban J connectivity index is 2.35. The van der Waals surface area contributed by atoms with Crippen LogP contribution in [0.15, 0.2) is 29.4 Å². The van der Waals surface area contributed by atoms with Gasteiger partial charge in [0.25, 0.3) is 0 Å². The molecule has 0 unspecified atom stereocenters. The van der Waals surface area contributed by atoms with Gasteiger partial charge >= 0.3 is 0 Å². The summed E-state index contributed by atoms with van der Waals surface area (Å²) >= 11 is 0. The minimum absolute atomic E-state index is 0.278. The Kier molecular flexibility index (Phi) is 4.58. The van der Waals surface area contributed by atoms with Crippen LogP contribution >= 0.6 is 0 Å². The lowest BCUT2D eigenvalue weighted by Gasteiger charge is -2.19. The van der Waals surface area contributed by atoms with Crippen LogP contribution in [-0.2, 0) is 23.6 Å². The van der Waals surface area contributed by atoms with Gasteiger partial charge in [0.05, 0.1) is 18.2 Å². The maximum atomic E-state index is 12.8. The van der Waals surface area contributed by atoms with E-state index in [4.69, 9.17) is 4.74 Å². The fourth-order valence-electron chi connectivity index (χ4n) is 2.32. The third-order valence-electron chi connectivity index (χ3n) is 3.54. The van der Waals surface area contributed by atoms with Gasteiger partial charge < -0.3 is 4.74 Å². The molecular formula is C15H21N3O3S. The molecule has 0 spiro atoms. The Morgan fingerprint density at radius 3 is 2.50 bits per heavy atom. The third-order valence-corrected chi connectivity index (χ3v) is 5.49. The number of sulfonamides is 1. The van der Waals surface area contributed by atoms with E-state index < -0.39 is 10.0 Å². The zero-order valence-electron chi connectivity index (χ0n) is 13.5. The normalized spacial score (nSPS) is 11.9. The molecule has 120 valence electrons. The highest BCUT2D eigenvalue weighted by Crippen LogP contribution is 2.27. The number of ether oxygens (including phenoxy) is 1. The van der Waals surface area contributed by atoms with Crippen molar-refractivity contribution in [3.63, 3.8) is 0 Å². The summed E-state index contributed by atoms with van der Waals surface area (Å²) < 4.78 is 33.8. The third kappa shape index (κ3) is 3.15. The second kappa shape index (κ2) is 6.10. The highest BCUT2D eigenvalue weighted by atomic mass is 32.2. The summed E-state index contributed by atoms with van der Waals surface area (Å²) in [5.41, 5.74) is 2.30. The molecule has 6 nitrogen and oxygen atoms in total. The zero-order chi connectivity index (χ0) is 16.5. The molecule has 0 radical (unpaired) electrons. The second-order valence-corrected chi connectivity index (χ2v) is 7.38. The molecule has 0 bridgehead atoms. The molecule has 7 heteroatoms. The van der Waals surface area contributed by atoms with E-state index in [9.17, 15) is 8.42 Å². The first kappa shape index (κ1) is 16.5. The van der Waals surface area contributed by atoms with E-state index in [1.54, 1.807) is 57.3 Å². The molecule has 2 rings (SSSR count). The Morgan fingerprint density at radius 2 is 1.95 bits per heavy atom. The van der Waals surface area contributed by atoms with Crippen LogP contribution < -0.4 is 4.74 Å². The lowest BCUT2D eigenvalue weighted by molar-refractivity contribution is 0.410. The topological polar surface area (TPSA) is 64.4 Å². The van der Waals surface area contributed by atoms with E-state index in [2.05, 4.69) is 5.10 Å². The lowest BCUT2D eigenvalue weighted by Crippen LogP contribution is -2.27. The standard InChI is InChI=1S/C15H21N3O3S/c1-11-7-15(12(2)6-14(11)21-5)22(19,20)18(4)10-13-8-16-17(3)9-13/h6-9H,10H2,1-5H3. The average Bonchev–Trinajstić information content (AvgIpc) is 2.85. The quantitative estimate of drug-likeness (QED) is 0.842. The summed E-state index contributed by atoms with van der Waals surface area (Å²) in [6.07, 6.45) is 3.47. The molecule has 0 aliphatic carbocycles. The number of hydrogen-bond donors (Lipinski definition) is 0. The number of nitrogens with zero attached hydrogens (tertiary/aromatic N) is 3. The van der Waals surface area contributed by atoms with E-state index in [0.29, 0.717) is 16.2 Å². The number of methoxy groups -OCH3 is 1. The smallest absolute Gasteiger partial charge is 0.243 e. The minimum Gasteiger partial charge on any atom is -0.496 e. The van der Waals surface area contributed by atoms with Gasteiger partial charge in [0.15, 0.2) is 0 Å². The Morgan fingerprint density at radius 1 is 1.27 bits per heavy atom. The Hall–Kier alpha value is -1.86. The van der Waals surface area contributed by atoms with Crippen molar-refractivity contribution in [3.8, 4) is 5.75 Å². The van der Waals surface area contributed by atoms with Crippen LogP contribution in [0.1, 0.15) is 16.7 Å². The molecule has 2 aromatic rings. The maximum Gasteiger partial charge on any atom is 0.243 e. The number of rotatable bonds is 5. The summed E-state index contributed by atoms with van der Waals surface area (Å²) in [7, 11) is 1.38. The van der Waals surface area contributed by atoms with Crippen molar-refractivity contribution in [1.82, 2.24) is 14.1 Å². The fraction of sp³-hybridized carbons (Fsp3) is 0.400. The van der Waals surface area contributed by atoms with Crippen molar-refractivity contribution in [2.45, 2.75) is 25.3 Å². The molecule has 0 aliphatic heterocycles. The first-order valence-electron chi connectivity index (χ1n) is 6.85. The highest BCUT2D eigenvalue weighted by molar-refractivity contribution is 7.89. The number of hydrogen-bond acceptors (Lipinski definition) is 4. The van der Waals surface area contributed by atoms with Gasteiger partial charge in [-0.1, -0.05) is 0 Å². The van der Waals surface area contributed by atoms with Gasteiger partial charge in [-0.2, -0.15) is 9.40 Å². The second-order valence-electron chi connectivity index (χ2n) is 5.37. The largest absolute Gasteiger partial charge is 0.496 e. The van der Waals surface area contributed by atoms with E-state index >= 15 is 0 Å². The zero-order valence-corrected chi connectivity index (χ0v) is 14.3. The summed E-state index contributed by atoms with van der Waals surface area (Å²) in [5, 5.41) is 4.06. The SMILES string of the molecule is COc1cc(C)c(S(=O)(=O)N(C)Cc2cnn(C)c2)cc1C. The first-order valence-corrected chi connectivity index (χ1v) is 8.29. The summed E-state index contributed by atoms with van der Waals surface area (Å²) in [6, 6.07) is 3.41. The molecule has 1 heterocycles. The molecule has 0 saturated heterocycles. The van der Waals surface area contributed by atoms with Crippen molar-refractivity contribution in [2.24, 2.45) is 7.05 Å². The predicted molar refractivity (Wildman–Crippen MR) is 84.3 cm³/mol. The van der Waals surface area contributed by atoms with Crippen LogP contribution in [0.5, 0.6) is 5.75 Å². The number of aromatic nitrogens is 2. The van der Waals surface area contributed by atoms with E-state index in [1.807, 2.05) is 6.92 Å². The monoisotopic (exact) mass is 323 g/mol. The van der Waals surface area contributed by atoms with Crippen LogP contribution in [0.4, 0.5) is 0 Å². The van der Waals surface area contributed by atoms with Crippen molar-refractivity contribution in [1.29, 1.82) is 0 Å². The Labute approximate surface area is 131 Å². The number of benzene rings is 1. The molecule has 0 aliphatic rings. The van der Waals surface area contributed by atoms with Crippen LogP contribution in [0, 0.1) is 13.8 Å². The minimum atomic E-state index is -3.57. The molecule has 1 aromatic carbocycles. The van der Waals surface area contributed by atoms with Crippen LogP contribution in [0.3, 0.4) is 0 Å². The van der Waals surface area contributed by atoms with E-state index in [0.717, 1.165) is 11.1 Å². The predicted octanol–water partition coefficient (Wildman–Crippen LogP) is 1.87.